The number of hydrogen-bond acceptors (Lipinski definition) is 4. The molecule has 2 rings (SSSR count). The Morgan fingerprint density at radius 1 is 1.30 bits per heavy atom. The molecule has 0 bridgehead atoms. The Labute approximate surface area is 115 Å². The highest BCUT2D eigenvalue weighted by Gasteiger charge is 2.19. The van der Waals surface area contributed by atoms with E-state index in [1.807, 2.05) is 6.92 Å². The van der Waals surface area contributed by atoms with E-state index in [1.54, 1.807) is 19.1 Å². The number of nitrogens with one attached hydrogen (secondary N) is 2. The Kier molecular flexibility index (Phi) is 3.49. The van der Waals surface area contributed by atoms with E-state index in [0.717, 1.165) is 11.6 Å². The van der Waals surface area contributed by atoms with Gasteiger partial charge in [0.25, 0.3) is 10.0 Å². The fraction of sp³-hybridized carbons (Fsp3) is 0.167. The molecule has 8 heteroatoms. The molecule has 2 aromatic rings. The fourth-order valence-corrected chi connectivity index (χ4v) is 3.00. The summed E-state index contributed by atoms with van der Waals surface area (Å²) in [6.45, 7) is 3.55. The number of H-pyrrole nitrogens is 1. The third kappa shape index (κ3) is 2.80. The number of hydrogen-bond donors (Lipinski definition) is 3. The van der Waals surface area contributed by atoms with Crippen LogP contribution in [0.25, 0.3) is 0 Å². The minimum absolute atomic E-state index is 0.0672. The summed E-state index contributed by atoms with van der Waals surface area (Å²) in [4.78, 5) is 10.8. The van der Waals surface area contributed by atoms with Gasteiger partial charge in [-0.05, 0) is 25.5 Å². The number of aromatic nitrogens is 2. The fourth-order valence-electron chi connectivity index (χ4n) is 1.78. The second-order valence-electron chi connectivity index (χ2n) is 4.35. The molecule has 7 nitrogen and oxygen atoms in total. The Morgan fingerprint density at radius 3 is 2.55 bits per heavy atom. The van der Waals surface area contributed by atoms with E-state index < -0.39 is 16.0 Å². The lowest BCUT2D eigenvalue weighted by molar-refractivity contribution is 0.0690. The van der Waals surface area contributed by atoms with Crippen LogP contribution in [-0.4, -0.2) is 29.7 Å². The molecule has 20 heavy (non-hydrogen) atoms. The zero-order valence-corrected chi connectivity index (χ0v) is 11.7. The number of carboxylic acid groups (broad SMARTS) is 1. The Balaban J connectivity index is 2.33. The molecule has 0 radical (unpaired) electrons. The summed E-state index contributed by atoms with van der Waals surface area (Å²) >= 11 is 0. The highest BCUT2D eigenvalue weighted by Crippen LogP contribution is 2.19. The number of aromatic amines is 1. The third-order valence-corrected chi connectivity index (χ3v) is 4.18. The maximum Gasteiger partial charge on any atom is 0.353 e. The minimum Gasteiger partial charge on any atom is -0.477 e. The standard InChI is InChI=1S/C12H13N3O4S/c1-7-3-4-10(8(2)5-7)20(18,19)15-11-6-9(12(16)17)13-14-11/h3-6H,1-2H3,(H,16,17)(H2,13,14,15). The zero-order chi connectivity index (χ0) is 14.9. The Morgan fingerprint density at radius 2 is 2.00 bits per heavy atom. The number of rotatable bonds is 4. The molecule has 1 aromatic carbocycles. The first-order chi connectivity index (χ1) is 9.29. The molecule has 0 saturated carbocycles. The van der Waals surface area contributed by atoms with E-state index in [0.29, 0.717) is 5.56 Å². The third-order valence-electron chi connectivity index (χ3n) is 2.67. The van der Waals surface area contributed by atoms with Gasteiger partial charge in [0.2, 0.25) is 0 Å². The van der Waals surface area contributed by atoms with Gasteiger partial charge in [-0.25, -0.2) is 13.2 Å². The van der Waals surface area contributed by atoms with Gasteiger partial charge in [-0.1, -0.05) is 17.7 Å². The first-order valence-corrected chi connectivity index (χ1v) is 7.17. The van der Waals surface area contributed by atoms with E-state index in [9.17, 15) is 13.2 Å². The van der Waals surface area contributed by atoms with Gasteiger partial charge in [-0.15, -0.1) is 0 Å². The van der Waals surface area contributed by atoms with Crippen molar-refractivity contribution in [3.8, 4) is 0 Å². The van der Waals surface area contributed by atoms with Gasteiger partial charge in [-0.3, -0.25) is 9.82 Å². The molecule has 1 aromatic heterocycles. The van der Waals surface area contributed by atoms with Crippen LogP contribution in [0.1, 0.15) is 21.6 Å². The predicted octanol–water partition coefficient (Wildman–Crippen LogP) is 1.53. The number of nitrogens with zero attached hydrogens (tertiary/aromatic N) is 1. The highest BCUT2D eigenvalue weighted by molar-refractivity contribution is 7.92. The van der Waals surface area contributed by atoms with Gasteiger partial charge in [-0.2, -0.15) is 5.10 Å². The van der Waals surface area contributed by atoms with Crippen molar-refractivity contribution in [2.24, 2.45) is 0 Å². The SMILES string of the molecule is Cc1ccc(S(=O)(=O)Nc2cc(C(=O)O)[nH]n2)c(C)c1. The van der Waals surface area contributed by atoms with Crippen LogP contribution in [0.15, 0.2) is 29.2 Å². The van der Waals surface area contributed by atoms with E-state index in [4.69, 9.17) is 5.11 Å². The van der Waals surface area contributed by atoms with Gasteiger partial charge in [0.15, 0.2) is 5.82 Å². The largest absolute Gasteiger partial charge is 0.477 e. The van der Waals surface area contributed by atoms with Crippen LogP contribution in [-0.2, 0) is 10.0 Å². The second kappa shape index (κ2) is 4.97. The van der Waals surface area contributed by atoms with Crippen molar-refractivity contribution in [1.82, 2.24) is 10.2 Å². The molecule has 0 fully saturated rings. The van der Waals surface area contributed by atoms with Crippen molar-refractivity contribution >= 4 is 21.8 Å². The molecule has 0 aliphatic rings. The number of aromatic carboxylic acids is 1. The van der Waals surface area contributed by atoms with E-state index in [2.05, 4.69) is 14.9 Å². The van der Waals surface area contributed by atoms with E-state index in [1.165, 1.54) is 6.07 Å². The van der Waals surface area contributed by atoms with Crippen LogP contribution in [0.4, 0.5) is 5.82 Å². The molecule has 0 unspecified atom stereocenters. The van der Waals surface area contributed by atoms with Crippen molar-refractivity contribution in [2.75, 3.05) is 4.72 Å². The van der Waals surface area contributed by atoms with Gasteiger partial charge in [0, 0.05) is 6.07 Å². The molecule has 0 saturated heterocycles. The zero-order valence-electron chi connectivity index (χ0n) is 10.8. The number of benzene rings is 1. The average molecular weight is 295 g/mol. The summed E-state index contributed by atoms with van der Waals surface area (Å²) in [5.74, 6) is -1.28. The summed E-state index contributed by atoms with van der Waals surface area (Å²) in [5, 5.41) is 14.6. The van der Waals surface area contributed by atoms with Crippen molar-refractivity contribution in [1.29, 1.82) is 0 Å². The topological polar surface area (TPSA) is 112 Å². The lowest BCUT2D eigenvalue weighted by Crippen LogP contribution is -2.14. The molecular weight excluding hydrogens is 282 g/mol. The summed E-state index contributed by atoms with van der Waals surface area (Å²) in [6, 6.07) is 6.05. The summed E-state index contributed by atoms with van der Waals surface area (Å²) in [7, 11) is -3.80. The molecule has 0 atom stereocenters. The normalized spacial score (nSPS) is 11.3. The average Bonchev–Trinajstić information content (AvgIpc) is 2.76. The van der Waals surface area contributed by atoms with Crippen LogP contribution in [0.5, 0.6) is 0 Å². The molecule has 106 valence electrons. The first-order valence-electron chi connectivity index (χ1n) is 5.68. The molecule has 0 aliphatic carbocycles. The minimum atomic E-state index is -3.80. The lowest BCUT2D eigenvalue weighted by atomic mass is 10.2. The van der Waals surface area contributed by atoms with E-state index in [-0.39, 0.29) is 16.4 Å². The monoisotopic (exact) mass is 295 g/mol. The summed E-state index contributed by atoms with van der Waals surface area (Å²) in [6.07, 6.45) is 0. The lowest BCUT2D eigenvalue weighted by Gasteiger charge is -2.08. The van der Waals surface area contributed by atoms with Crippen molar-refractivity contribution in [3.63, 3.8) is 0 Å². The van der Waals surface area contributed by atoms with Crippen LogP contribution in [0, 0.1) is 13.8 Å². The van der Waals surface area contributed by atoms with Gasteiger partial charge < -0.3 is 5.11 Å². The number of carboxylic acids is 1. The number of aryl methyl sites for hydroxylation is 2. The summed E-state index contributed by atoms with van der Waals surface area (Å²) < 4.78 is 26.6. The Bertz CT molecular complexity index is 765. The Hall–Kier alpha value is -2.35. The molecule has 1 heterocycles. The number of carbonyl (C=O) groups is 1. The van der Waals surface area contributed by atoms with Crippen LogP contribution in [0.2, 0.25) is 0 Å². The smallest absolute Gasteiger partial charge is 0.353 e. The van der Waals surface area contributed by atoms with Gasteiger partial charge in [0.1, 0.15) is 5.69 Å². The van der Waals surface area contributed by atoms with Crippen molar-refractivity contribution in [3.05, 3.63) is 41.1 Å². The van der Waals surface area contributed by atoms with Crippen LogP contribution >= 0.6 is 0 Å². The molecule has 0 amide bonds. The number of anilines is 1. The highest BCUT2D eigenvalue weighted by atomic mass is 32.2. The maximum absolute atomic E-state index is 12.2. The predicted molar refractivity (Wildman–Crippen MR) is 72.3 cm³/mol. The second-order valence-corrected chi connectivity index (χ2v) is 6.00. The van der Waals surface area contributed by atoms with Crippen LogP contribution in [0.3, 0.4) is 0 Å². The van der Waals surface area contributed by atoms with Crippen molar-refractivity contribution < 1.29 is 18.3 Å². The first kappa shape index (κ1) is 14.1. The molecule has 0 spiro atoms. The van der Waals surface area contributed by atoms with Crippen molar-refractivity contribution in [2.45, 2.75) is 18.7 Å². The molecule has 0 aliphatic heterocycles. The summed E-state index contributed by atoms with van der Waals surface area (Å²) in [5.41, 5.74) is 1.37. The van der Waals surface area contributed by atoms with E-state index >= 15 is 0 Å². The quantitative estimate of drug-likeness (QED) is 0.791. The van der Waals surface area contributed by atoms with Crippen LogP contribution < -0.4 is 4.72 Å². The van der Waals surface area contributed by atoms with Gasteiger partial charge >= 0.3 is 5.97 Å². The number of sulfonamides is 1. The molecular formula is C12H13N3O4S. The van der Waals surface area contributed by atoms with Gasteiger partial charge in [0.05, 0.1) is 4.90 Å². The molecule has 3 N–H and O–H groups in total. The maximum atomic E-state index is 12.2.